The zero-order chi connectivity index (χ0) is 17.6. The summed E-state index contributed by atoms with van der Waals surface area (Å²) in [6.07, 6.45) is 7.18. The van der Waals surface area contributed by atoms with E-state index in [1.54, 1.807) is 0 Å². The van der Waals surface area contributed by atoms with Crippen molar-refractivity contribution in [2.45, 2.75) is 68.9 Å². The molecule has 0 aromatic carbocycles. The number of fused-ring (bicyclic) bond motifs is 1. The molecule has 144 valence electrons. The molecule has 0 amide bonds. The number of rotatable bonds is 5. The summed E-state index contributed by atoms with van der Waals surface area (Å²) >= 11 is 0. The molecule has 3 aliphatic rings. The summed E-state index contributed by atoms with van der Waals surface area (Å²) < 4.78 is 18.1. The van der Waals surface area contributed by atoms with E-state index in [2.05, 4.69) is 20.5 Å². The summed E-state index contributed by atoms with van der Waals surface area (Å²) in [5, 5.41) is 7.31. The lowest BCUT2D eigenvalue weighted by atomic mass is 9.95. The molecule has 2 aliphatic heterocycles. The second-order valence-electron chi connectivity index (χ2n) is 7.50. The van der Waals surface area contributed by atoms with Gasteiger partial charge in [0.2, 0.25) is 0 Å². The maximum Gasteiger partial charge on any atom is 0.191 e. The molecule has 6 nitrogen and oxygen atoms in total. The van der Waals surface area contributed by atoms with Crippen molar-refractivity contribution in [1.29, 1.82) is 0 Å². The minimum Gasteiger partial charge on any atom is -0.373 e. The van der Waals surface area contributed by atoms with Gasteiger partial charge in [0, 0.05) is 54.0 Å². The lowest BCUT2D eigenvalue weighted by molar-refractivity contribution is -0.0453. The fourth-order valence-corrected chi connectivity index (χ4v) is 5.71. The van der Waals surface area contributed by atoms with E-state index in [-0.39, 0.29) is 6.10 Å². The highest BCUT2D eigenvalue weighted by Crippen LogP contribution is 2.23. The van der Waals surface area contributed by atoms with E-state index in [4.69, 9.17) is 4.74 Å². The molecule has 1 saturated carbocycles. The number of morpholine rings is 1. The van der Waals surface area contributed by atoms with Crippen molar-refractivity contribution in [2.75, 3.05) is 39.0 Å². The molecule has 7 heteroatoms. The third-order valence-corrected chi connectivity index (χ3v) is 7.55. The summed E-state index contributed by atoms with van der Waals surface area (Å²) in [5.74, 6) is 1.61. The van der Waals surface area contributed by atoms with Gasteiger partial charge in [-0.3, -0.25) is 14.1 Å². The van der Waals surface area contributed by atoms with Crippen molar-refractivity contribution < 1.29 is 8.95 Å². The average molecular weight is 371 g/mol. The second-order valence-corrected chi connectivity index (χ2v) is 9.50. The van der Waals surface area contributed by atoms with Crippen LogP contribution in [0.4, 0.5) is 0 Å². The summed E-state index contributed by atoms with van der Waals surface area (Å²) in [7, 11) is 1.13. The van der Waals surface area contributed by atoms with Gasteiger partial charge in [-0.1, -0.05) is 13.3 Å². The first-order valence-electron chi connectivity index (χ1n) is 9.89. The zero-order valence-electron chi connectivity index (χ0n) is 15.7. The summed E-state index contributed by atoms with van der Waals surface area (Å²) in [4.78, 5) is 6.94. The molecule has 5 atom stereocenters. The number of hydrogen-bond acceptors (Lipinski definition) is 4. The molecule has 0 radical (unpaired) electrons. The molecular weight excluding hydrogens is 336 g/mol. The maximum atomic E-state index is 12.1. The molecule has 0 spiro atoms. The highest BCUT2D eigenvalue weighted by Gasteiger charge is 2.32. The highest BCUT2D eigenvalue weighted by atomic mass is 32.2. The van der Waals surface area contributed by atoms with Crippen LogP contribution in [-0.4, -0.2) is 77.5 Å². The van der Waals surface area contributed by atoms with E-state index in [1.165, 1.54) is 19.4 Å². The van der Waals surface area contributed by atoms with Crippen molar-refractivity contribution in [3.8, 4) is 0 Å². The van der Waals surface area contributed by atoms with E-state index in [9.17, 15) is 4.21 Å². The Hall–Kier alpha value is -0.660. The van der Waals surface area contributed by atoms with Gasteiger partial charge >= 0.3 is 0 Å². The van der Waals surface area contributed by atoms with Crippen LogP contribution >= 0.6 is 0 Å². The highest BCUT2D eigenvalue weighted by molar-refractivity contribution is 7.85. The maximum absolute atomic E-state index is 12.1. The summed E-state index contributed by atoms with van der Waals surface area (Å²) in [5.41, 5.74) is 0. The SMILES string of the molecule is CCS(=O)C1CCCC(NC(=NC)NCC2CN3CCCC3CO2)C1. The summed E-state index contributed by atoms with van der Waals surface area (Å²) in [6, 6.07) is 1.02. The van der Waals surface area contributed by atoms with E-state index in [0.29, 0.717) is 17.3 Å². The molecule has 3 rings (SSSR count). The largest absolute Gasteiger partial charge is 0.373 e. The van der Waals surface area contributed by atoms with Crippen LogP contribution in [0, 0.1) is 0 Å². The lowest BCUT2D eigenvalue weighted by Gasteiger charge is -2.35. The van der Waals surface area contributed by atoms with Crippen LogP contribution in [0.5, 0.6) is 0 Å². The Kier molecular flexibility index (Phi) is 7.13. The normalized spacial score (nSPS) is 35.2. The standard InChI is InChI=1S/C18H34N4O2S/c1-3-25(23)17-8-4-6-14(10-17)21-18(19-2)20-11-16-12-22-9-5-7-15(22)13-24-16/h14-17H,3-13H2,1-2H3,(H2,19,20,21). The number of hydrogen-bond donors (Lipinski definition) is 2. The smallest absolute Gasteiger partial charge is 0.191 e. The van der Waals surface area contributed by atoms with Gasteiger partial charge in [-0.2, -0.15) is 0 Å². The second kappa shape index (κ2) is 9.33. The molecule has 2 heterocycles. The van der Waals surface area contributed by atoms with Crippen LogP contribution in [0.15, 0.2) is 4.99 Å². The molecule has 0 aromatic heterocycles. The molecule has 5 unspecified atom stereocenters. The number of nitrogens with zero attached hydrogens (tertiary/aromatic N) is 2. The molecular formula is C18H34N4O2S. The molecule has 0 aromatic rings. The van der Waals surface area contributed by atoms with E-state index < -0.39 is 10.8 Å². The minimum absolute atomic E-state index is 0.236. The van der Waals surface area contributed by atoms with Gasteiger partial charge in [-0.15, -0.1) is 0 Å². The Morgan fingerprint density at radius 3 is 3.00 bits per heavy atom. The molecule has 2 N–H and O–H groups in total. The molecule has 2 saturated heterocycles. The first kappa shape index (κ1) is 19.1. The zero-order valence-corrected chi connectivity index (χ0v) is 16.5. The first-order valence-corrected chi connectivity index (χ1v) is 11.3. The third-order valence-electron chi connectivity index (χ3n) is 5.81. The Morgan fingerprint density at radius 2 is 2.20 bits per heavy atom. The van der Waals surface area contributed by atoms with Crippen LogP contribution in [0.2, 0.25) is 0 Å². The van der Waals surface area contributed by atoms with Crippen LogP contribution in [-0.2, 0) is 15.5 Å². The van der Waals surface area contributed by atoms with Gasteiger partial charge in [0.15, 0.2) is 5.96 Å². The molecule has 3 fully saturated rings. The van der Waals surface area contributed by atoms with E-state index >= 15 is 0 Å². The number of nitrogens with one attached hydrogen (secondary N) is 2. The van der Waals surface area contributed by atoms with Gasteiger partial charge in [0.1, 0.15) is 0 Å². The van der Waals surface area contributed by atoms with E-state index in [1.807, 2.05) is 14.0 Å². The van der Waals surface area contributed by atoms with Crippen molar-refractivity contribution in [1.82, 2.24) is 15.5 Å². The van der Waals surface area contributed by atoms with Crippen molar-refractivity contribution in [3.05, 3.63) is 0 Å². The van der Waals surface area contributed by atoms with Crippen LogP contribution in [0.3, 0.4) is 0 Å². The van der Waals surface area contributed by atoms with Crippen LogP contribution < -0.4 is 10.6 Å². The topological polar surface area (TPSA) is 66.0 Å². The van der Waals surface area contributed by atoms with Crippen molar-refractivity contribution in [3.63, 3.8) is 0 Å². The monoisotopic (exact) mass is 370 g/mol. The quantitative estimate of drug-likeness (QED) is 0.560. The van der Waals surface area contributed by atoms with Crippen LogP contribution in [0.1, 0.15) is 45.4 Å². The van der Waals surface area contributed by atoms with Crippen molar-refractivity contribution >= 4 is 16.8 Å². The van der Waals surface area contributed by atoms with Crippen molar-refractivity contribution in [2.24, 2.45) is 4.99 Å². The number of aliphatic imine (C=N–C) groups is 1. The minimum atomic E-state index is -0.687. The fraction of sp³-hybridized carbons (Fsp3) is 0.944. The Balaban J connectivity index is 1.42. The van der Waals surface area contributed by atoms with Gasteiger partial charge in [-0.05, 0) is 38.6 Å². The predicted octanol–water partition coefficient (Wildman–Crippen LogP) is 1.09. The predicted molar refractivity (Wildman–Crippen MR) is 104 cm³/mol. The third kappa shape index (κ3) is 5.17. The van der Waals surface area contributed by atoms with Gasteiger partial charge in [-0.25, -0.2) is 0 Å². The molecule has 25 heavy (non-hydrogen) atoms. The first-order chi connectivity index (χ1) is 12.2. The van der Waals surface area contributed by atoms with Gasteiger partial charge in [0.05, 0.1) is 12.7 Å². The van der Waals surface area contributed by atoms with E-state index in [0.717, 1.165) is 57.1 Å². The average Bonchev–Trinajstić information content (AvgIpc) is 3.12. The lowest BCUT2D eigenvalue weighted by Crippen LogP contribution is -2.53. The Labute approximate surface area is 154 Å². The van der Waals surface area contributed by atoms with Crippen LogP contribution in [0.25, 0.3) is 0 Å². The fourth-order valence-electron chi connectivity index (χ4n) is 4.36. The Bertz CT molecular complexity index is 488. The van der Waals surface area contributed by atoms with Gasteiger partial charge < -0.3 is 15.4 Å². The Morgan fingerprint density at radius 1 is 1.32 bits per heavy atom. The molecule has 0 bridgehead atoms. The number of guanidine groups is 1. The molecule has 1 aliphatic carbocycles. The number of ether oxygens (including phenoxy) is 1. The summed E-state index contributed by atoms with van der Waals surface area (Å²) in [6.45, 7) is 5.92. The van der Waals surface area contributed by atoms with Gasteiger partial charge in [0.25, 0.3) is 0 Å².